The molecule has 26 heavy (non-hydrogen) atoms. The first-order valence-electron chi connectivity index (χ1n) is 7.95. The molecule has 130 valence electrons. The molecule has 0 saturated carbocycles. The maximum atomic E-state index is 12.1. The lowest BCUT2D eigenvalue weighted by atomic mass is 9.99. The third kappa shape index (κ3) is 2.72. The van der Waals surface area contributed by atoms with Gasteiger partial charge in [0.1, 0.15) is 6.04 Å². The molecule has 1 atom stereocenters. The second-order valence-electron chi connectivity index (χ2n) is 5.90. The molecule has 0 radical (unpaired) electrons. The van der Waals surface area contributed by atoms with Gasteiger partial charge in [0.25, 0.3) is 0 Å². The molecule has 1 aliphatic rings. The van der Waals surface area contributed by atoms with E-state index in [-0.39, 0.29) is 0 Å². The van der Waals surface area contributed by atoms with Gasteiger partial charge in [-0.05, 0) is 43.3 Å². The van der Waals surface area contributed by atoms with Gasteiger partial charge in [-0.25, -0.2) is 4.68 Å². The van der Waals surface area contributed by atoms with Gasteiger partial charge < -0.3 is 11.1 Å². The maximum Gasteiger partial charge on any atom is 0.248 e. The Balaban J connectivity index is 1.87. The lowest BCUT2D eigenvalue weighted by Crippen LogP contribution is -2.32. The number of primary amides is 1. The fraction of sp³-hybridized carbons (Fsp3) is 0.111. The number of anilines is 1. The number of hydrogen-bond acceptors (Lipinski definition) is 5. The Hall–Kier alpha value is -3.19. The number of rotatable bonds is 3. The van der Waals surface area contributed by atoms with Crippen molar-refractivity contribution in [1.29, 1.82) is 0 Å². The summed E-state index contributed by atoms with van der Waals surface area (Å²) in [6.45, 7) is 1.79. The van der Waals surface area contributed by atoms with E-state index in [0.29, 0.717) is 33.8 Å². The number of aromatic nitrogens is 4. The first-order chi connectivity index (χ1) is 12.5. The fourth-order valence-electron chi connectivity index (χ4n) is 3.00. The minimum Gasteiger partial charge on any atom is -0.366 e. The Morgan fingerprint density at radius 2 is 2.00 bits per heavy atom. The van der Waals surface area contributed by atoms with Crippen molar-refractivity contribution in [3.8, 4) is 11.4 Å². The van der Waals surface area contributed by atoms with Crippen LogP contribution in [0.5, 0.6) is 0 Å². The number of hydrogen-bond donors (Lipinski definition) is 2. The van der Waals surface area contributed by atoms with E-state index in [0.717, 1.165) is 5.56 Å². The van der Waals surface area contributed by atoms with Crippen LogP contribution in [0.15, 0.2) is 59.9 Å². The van der Waals surface area contributed by atoms with Crippen molar-refractivity contribution in [2.45, 2.75) is 13.0 Å². The zero-order chi connectivity index (χ0) is 18.3. The van der Waals surface area contributed by atoms with Crippen LogP contribution in [0.1, 0.15) is 18.7 Å². The first kappa shape index (κ1) is 16.3. The van der Waals surface area contributed by atoms with Crippen molar-refractivity contribution in [1.82, 2.24) is 19.7 Å². The van der Waals surface area contributed by atoms with Gasteiger partial charge in [-0.15, -0.1) is 5.10 Å². The summed E-state index contributed by atoms with van der Waals surface area (Å²) in [6, 6.07) is 12.2. The quantitative estimate of drug-likeness (QED) is 0.742. The summed E-state index contributed by atoms with van der Waals surface area (Å²) in [4.78, 5) is 21.0. The van der Waals surface area contributed by atoms with Crippen LogP contribution in [0.25, 0.3) is 11.4 Å². The van der Waals surface area contributed by atoms with Gasteiger partial charge in [-0.1, -0.05) is 17.7 Å². The molecule has 0 spiro atoms. The van der Waals surface area contributed by atoms with Crippen LogP contribution < -0.4 is 11.1 Å². The van der Waals surface area contributed by atoms with E-state index in [9.17, 15) is 4.79 Å². The lowest BCUT2D eigenvalue weighted by Gasteiger charge is -2.26. The summed E-state index contributed by atoms with van der Waals surface area (Å²) in [5.74, 6) is 0.511. The largest absolute Gasteiger partial charge is 0.366 e. The number of nitrogens with zero attached hydrogens (tertiary/aromatic N) is 4. The smallest absolute Gasteiger partial charge is 0.248 e. The molecular formula is C18H15ClN6O. The molecular weight excluding hydrogens is 352 g/mol. The van der Waals surface area contributed by atoms with Crippen LogP contribution in [0.2, 0.25) is 5.02 Å². The first-order valence-corrected chi connectivity index (χ1v) is 8.33. The van der Waals surface area contributed by atoms with Gasteiger partial charge in [0.15, 0.2) is 5.82 Å². The predicted molar refractivity (Wildman–Crippen MR) is 98.4 cm³/mol. The van der Waals surface area contributed by atoms with E-state index in [1.165, 1.54) is 0 Å². The molecule has 8 heteroatoms. The van der Waals surface area contributed by atoms with Crippen molar-refractivity contribution < 1.29 is 4.79 Å². The molecule has 4 rings (SSSR count). The number of carbonyl (C=O) groups is 1. The molecule has 0 unspecified atom stereocenters. The number of nitrogens with one attached hydrogen (secondary N) is 1. The molecule has 1 aliphatic heterocycles. The lowest BCUT2D eigenvalue weighted by molar-refractivity contribution is -0.115. The molecule has 0 saturated heterocycles. The Morgan fingerprint density at radius 1 is 1.23 bits per heavy atom. The Kier molecular flexibility index (Phi) is 3.93. The highest BCUT2D eigenvalue weighted by atomic mass is 35.5. The van der Waals surface area contributed by atoms with Gasteiger partial charge in [-0.3, -0.25) is 9.78 Å². The SMILES string of the molecule is CC1=C(C(N)=O)[C@H](c2ccccn2)n2nc(-c3ccc(Cl)cc3)nc2N1. The average molecular weight is 367 g/mol. The highest BCUT2D eigenvalue weighted by Crippen LogP contribution is 2.35. The molecule has 1 amide bonds. The number of allylic oxidation sites excluding steroid dienone is 1. The number of fused-ring (bicyclic) bond motifs is 1. The molecule has 0 fully saturated rings. The normalized spacial score (nSPS) is 16.2. The van der Waals surface area contributed by atoms with Crippen molar-refractivity contribution in [3.05, 3.63) is 70.6 Å². The highest BCUT2D eigenvalue weighted by Gasteiger charge is 2.34. The molecule has 2 aromatic heterocycles. The average Bonchev–Trinajstić information content (AvgIpc) is 3.05. The van der Waals surface area contributed by atoms with Crippen LogP contribution in [-0.2, 0) is 4.79 Å². The molecule has 0 aliphatic carbocycles. The van der Waals surface area contributed by atoms with E-state index in [4.69, 9.17) is 17.3 Å². The number of benzene rings is 1. The van der Waals surface area contributed by atoms with Crippen molar-refractivity contribution in [2.75, 3.05) is 5.32 Å². The molecule has 3 N–H and O–H groups in total. The number of halogens is 1. The van der Waals surface area contributed by atoms with Crippen molar-refractivity contribution >= 4 is 23.5 Å². The van der Waals surface area contributed by atoms with Crippen LogP contribution in [-0.4, -0.2) is 25.7 Å². The minimum atomic E-state index is -0.543. The highest BCUT2D eigenvalue weighted by molar-refractivity contribution is 6.30. The van der Waals surface area contributed by atoms with Crippen LogP contribution in [0, 0.1) is 0 Å². The van der Waals surface area contributed by atoms with E-state index >= 15 is 0 Å². The monoisotopic (exact) mass is 366 g/mol. The topological polar surface area (TPSA) is 98.7 Å². The Labute approximate surface area is 154 Å². The summed E-state index contributed by atoms with van der Waals surface area (Å²) in [5, 5.41) is 8.34. The van der Waals surface area contributed by atoms with E-state index < -0.39 is 11.9 Å². The van der Waals surface area contributed by atoms with Gasteiger partial charge in [0.05, 0.1) is 11.3 Å². The summed E-state index contributed by atoms with van der Waals surface area (Å²) >= 11 is 5.95. The predicted octanol–water partition coefficient (Wildman–Crippen LogP) is 2.77. The molecule has 7 nitrogen and oxygen atoms in total. The molecule has 1 aromatic carbocycles. The molecule has 0 bridgehead atoms. The number of amides is 1. The van der Waals surface area contributed by atoms with Crippen molar-refractivity contribution in [2.24, 2.45) is 5.73 Å². The van der Waals surface area contributed by atoms with E-state index in [1.54, 1.807) is 29.9 Å². The van der Waals surface area contributed by atoms with Crippen molar-refractivity contribution in [3.63, 3.8) is 0 Å². The van der Waals surface area contributed by atoms with Gasteiger partial charge in [0, 0.05) is 22.5 Å². The second-order valence-corrected chi connectivity index (χ2v) is 6.33. The second kappa shape index (κ2) is 6.27. The van der Waals surface area contributed by atoms with Gasteiger partial charge in [-0.2, -0.15) is 4.98 Å². The Bertz CT molecular complexity index is 1010. The van der Waals surface area contributed by atoms with Crippen LogP contribution >= 0.6 is 11.6 Å². The van der Waals surface area contributed by atoms with Gasteiger partial charge >= 0.3 is 0 Å². The number of carbonyl (C=O) groups excluding carboxylic acids is 1. The zero-order valence-electron chi connectivity index (χ0n) is 13.8. The van der Waals surface area contributed by atoms with Crippen LogP contribution in [0.3, 0.4) is 0 Å². The third-order valence-electron chi connectivity index (χ3n) is 4.19. The molecule has 3 heterocycles. The van der Waals surface area contributed by atoms with Crippen LogP contribution in [0.4, 0.5) is 5.95 Å². The minimum absolute atomic E-state index is 0.406. The zero-order valence-corrected chi connectivity index (χ0v) is 14.6. The van der Waals surface area contributed by atoms with Gasteiger partial charge in [0.2, 0.25) is 11.9 Å². The number of pyridine rings is 1. The standard InChI is InChI=1S/C18H15ClN6O/c1-10-14(16(20)26)15(13-4-2-3-9-21-13)25-18(22-10)23-17(24-25)11-5-7-12(19)8-6-11/h2-9,15H,1H3,(H2,20,26)(H,22,23,24)/t15-/m0/s1. The molecule has 3 aromatic rings. The maximum absolute atomic E-state index is 12.1. The third-order valence-corrected chi connectivity index (χ3v) is 4.44. The fourth-order valence-corrected chi connectivity index (χ4v) is 3.13. The summed E-state index contributed by atoms with van der Waals surface area (Å²) in [7, 11) is 0. The van der Waals surface area contributed by atoms with E-state index in [2.05, 4.69) is 20.4 Å². The Morgan fingerprint density at radius 3 is 2.65 bits per heavy atom. The van der Waals surface area contributed by atoms with E-state index in [1.807, 2.05) is 30.3 Å². The number of nitrogens with two attached hydrogens (primary N) is 1. The summed E-state index contributed by atoms with van der Waals surface area (Å²) < 4.78 is 1.64. The summed E-state index contributed by atoms with van der Waals surface area (Å²) in [6.07, 6.45) is 1.67. The summed E-state index contributed by atoms with van der Waals surface area (Å²) in [5.41, 5.74) is 8.16.